The number of rotatable bonds is 5. The van der Waals surface area contributed by atoms with Gasteiger partial charge in [0, 0.05) is 41.7 Å². The van der Waals surface area contributed by atoms with E-state index in [1.54, 1.807) is 24.0 Å². The van der Waals surface area contributed by atoms with Gasteiger partial charge in [0.1, 0.15) is 0 Å². The molecule has 0 N–H and O–H groups in total. The van der Waals surface area contributed by atoms with Gasteiger partial charge in [0.05, 0.1) is 0 Å². The van der Waals surface area contributed by atoms with Crippen molar-refractivity contribution in [3.8, 4) is 0 Å². The molecular formula is C17H17NOS. The van der Waals surface area contributed by atoms with Gasteiger partial charge in [0.2, 0.25) is 0 Å². The summed E-state index contributed by atoms with van der Waals surface area (Å²) in [4.78, 5) is 16.1. The van der Waals surface area contributed by atoms with E-state index in [1.165, 1.54) is 4.90 Å². The number of hydrogen-bond acceptors (Lipinski definition) is 3. The van der Waals surface area contributed by atoms with Crippen molar-refractivity contribution in [1.29, 1.82) is 0 Å². The molecule has 0 saturated heterocycles. The van der Waals surface area contributed by atoms with Crippen molar-refractivity contribution in [2.75, 3.05) is 14.1 Å². The largest absolute Gasteiger partial charge is 0.383 e. The average Bonchev–Trinajstić information content (AvgIpc) is 2.46. The molecule has 0 heterocycles. The maximum atomic E-state index is 11.9. The van der Waals surface area contributed by atoms with Gasteiger partial charge in [-0.3, -0.25) is 4.79 Å². The van der Waals surface area contributed by atoms with Gasteiger partial charge in [-0.25, -0.2) is 0 Å². The van der Waals surface area contributed by atoms with Crippen LogP contribution in [0.3, 0.4) is 0 Å². The predicted molar refractivity (Wildman–Crippen MR) is 84.2 cm³/mol. The van der Waals surface area contributed by atoms with E-state index in [4.69, 9.17) is 0 Å². The summed E-state index contributed by atoms with van der Waals surface area (Å²) in [6, 6.07) is 17.9. The summed E-state index contributed by atoms with van der Waals surface area (Å²) in [5.74, 6) is 0.0231. The number of hydrogen-bond donors (Lipinski definition) is 0. The molecule has 0 aliphatic carbocycles. The molecule has 2 aromatic rings. The van der Waals surface area contributed by atoms with Gasteiger partial charge in [0.15, 0.2) is 5.78 Å². The molecule has 0 radical (unpaired) electrons. The molecule has 0 atom stereocenters. The normalized spacial score (nSPS) is 10.7. The number of carbonyl (C=O) groups excluding carboxylic acids is 1. The number of nitrogens with zero attached hydrogens (tertiary/aromatic N) is 1. The van der Waals surface area contributed by atoms with E-state index in [0.717, 1.165) is 4.90 Å². The minimum absolute atomic E-state index is 0.0231. The maximum absolute atomic E-state index is 11.9. The Bertz CT molecular complexity index is 588. The zero-order valence-corrected chi connectivity index (χ0v) is 12.4. The first-order valence-corrected chi connectivity index (χ1v) is 7.19. The van der Waals surface area contributed by atoms with Crippen LogP contribution < -0.4 is 0 Å². The molecule has 2 nitrogen and oxygen atoms in total. The summed E-state index contributed by atoms with van der Waals surface area (Å²) in [6.45, 7) is 0. The van der Waals surface area contributed by atoms with Gasteiger partial charge >= 0.3 is 0 Å². The van der Waals surface area contributed by atoms with Gasteiger partial charge in [-0.2, -0.15) is 0 Å². The van der Waals surface area contributed by atoms with Crippen LogP contribution in [0.5, 0.6) is 0 Å². The molecule has 0 unspecified atom stereocenters. The van der Waals surface area contributed by atoms with Crippen molar-refractivity contribution in [3.63, 3.8) is 0 Å². The second-order valence-electron chi connectivity index (χ2n) is 4.58. The van der Waals surface area contributed by atoms with E-state index in [2.05, 4.69) is 12.1 Å². The Labute approximate surface area is 124 Å². The van der Waals surface area contributed by atoms with E-state index >= 15 is 0 Å². The molecule has 0 bridgehead atoms. The quantitative estimate of drug-likeness (QED) is 0.609. The lowest BCUT2D eigenvalue weighted by Gasteiger charge is -2.04. The second-order valence-corrected chi connectivity index (χ2v) is 5.73. The van der Waals surface area contributed by atoms with E-state index in [1.807, 2.05) is 61.5 Å². The molecule has 0 aliphatic rings. The fraction of sp³-hybridized carbons (Fsp3) is 0.118. The third-order valence-electron chi connectivity index (χ3n) is 2.64. The molecule has 2 aromatic carbocycles. The summed E-state index contributed by atoms with van der Waals surface area (Å²) >= 11 is 1.69. The Morgan fingerprint density at radius 2 is 1.55 bits per heavy atom. The van der Waals surface area contributed by atoms with Crippen LogP contribution in [0, 0.1) is 0 Å². The van der Waals surface area contributed by atoms with Crippen molar-refractivity contribution in [2.45, 2.75) is 9.79 Å². The highest BCUT2D eigenvalue weighted by Gasteiger charge is 2.02. The summed E-state index contributed by atoms with van der Waals surface area (Å²) in [6.07, 6.45) is 3.34. The number of carbonyl (C=O) groups is 1. The predicted octanol–water partition coefficient (Wildman–Crippen LogP) is 4.10. The van der Waals surface area contributed by atoms with Crippen molar-refractivity contribution < 1.29 is 4.79 Å². The van der Waals surface area contributed by atoms with Gasteiger partial charge in [-0.15, -0.1) is 0 Å². The fourth-order valence-corrected chi connectivity index (χ4v) is 2.46. The number of ketones is 1. The smallest absolute Gasteiger partial charge is 0.187 e. The third kappa shape index (κ3) is 4.28. The van der Waals surface area contributed by atoms with Crippen LogP contribution in [0.25, 0.3) is 0 Å². The molecule has 0 saturated carbocycles. The van der Waals surface area contributed by atoms with Crippen molar-refractivity contribution in [1.82, 2.24) is 4.90 Å². The standard InChI is InChI=1S/C17H17NOS/c1-18(2)13-12-17(19)14-8-10-16(11-9-14)20-15-6-4-3-5-7-15/h3-13H,1-2H3/b13-12+. The summed E-state index contributed by atoms with van der Waals surface area (Å²) in [7, 11) is 3.78. The van der Waals surface area contributed by atoms with E-state index in [0.29, 0.717) is 5.56 Å². The van der Waals surface area contributed by atoms with Crippen LogP contribution >= 0.6 is 11.8 Å². The van der Waals surface area contributed by atoms with Gasteiger partial charge in [-0.1, -0.05) is 30.0 Å². The van der Waals surface area contributed by atoms with Crippen LogP contribution in [0.15, 0.2) is 76.7 Å². The number of allylic oxidation sites excluding steroid dienone is 1. The lowest BCUT2D eigenvalue weighted by molar-refractivity contribution is 0.104. The van der Waals surface area contributed by atoms with Crippen LogP contribution in [0.4, 0.5) is 0 Å². The lowest BCUT2D eigenvalue weighted by Crippen LogP contribution is -2.03. The summed E-state index contributed by atoms with van der Waals surface area (Å²) in [5, 5.41) is 0. The monoisotopic (exact) mass is 283 g/mol. The molecule has 0 aliphatic heterocycles. The van der Waals surface area contributed by atoms with E-state index < -0.39 is 0 Å². The zero-order valence-electron chi connectivity index (χ0n) is 11.6. The SMILES string of the molecule is CN(C)/C=C/C(=O)c1ccc(Sc2ccccc2)cc1. The van der Waals surface area contributed by atoms with Crippen LogP contribution in [0.2, 0.25) is 0 Å². The van der Waals surface area contributed by atoms with Gasteiger partial charge < -0.3 is 4.90 Å². The van der Waals surface area contributed by atoms with E-state index in [-0.39, 0.29) is 5.78 Å². The molecule has 20 heavy (non-hydrogen) atoms. The molecule has 0 amide bonds. The first-order valence-electron chi connectivity index (χ1n) is 6.37. The third-order valence-corrected chi connectivity index (χ3v) is 3.66. The molecule has 0 fully saturated rings. The average molecular weight is 283 g/mol. The van der Waals surface area contributed by atoms with Gasteiger partial charge in [-0.05, 0) is 36.4 Å². The summed E-state index contributed by atoms with van der Waals surface area (Å²) in [5.41, 5.74) is 0.709. The minimum atomic E-state index is 0.0231. The molecule has 0 aromatic heterocycles. The minimum Gasteiger partial charge on any atom is -0.383 e. The highest BCUT2D eigenvalue weighted by atomic mass is 32.2. The molecule has 2 rings (SSSR count). The van der Waals surface area contributed by atoms with Gasteiger partial charge in [0.25, 0.3) is 0 Å². The molecule has 3 heteroatoms. The second kappa shape index (κ2) is 6.96. The Hall–Kier alpha value is -2.00. The molecule has 0 spiro atoms. The fourth-order valence-electron chi connectivity index (χ4n) is 1.62. The van der Waals surface area contributed by atoms with Crippen molar-refractivity contribution in [3.05, 3.63) is 72.4 Å². The highest BCUT2D eigenvalue weighted by molar-refractivity contribution is 7.99. The Balaban J connectivity index is 2.05. The van der Waals surface area contributed by atoms with E-state index in [9.17, 15) is 4.79 Å². The Morgan fingerprint density at radius 3 is 2.15 bits per heavy atom. The lowest BCUT2D eigenvalue weighted by atomic mass is 10.1. The Morgan fingerprint density at radius 1 is 0.950 bits per heavy atom. The van der Waals surface area contributed by atoms with Crippen molar-refractivity contribution in [2.24, 2.45) is 0 Å². The number of benzene rings is 2. The molecular weight excluding hydrogens is 266 g/mol. The highest BCUT2D eigenvalue weighted by Crippen LogP contribution is 2.27. The zero-order chi connectivity index (χ0) is 14.4. The topological polar surface area (TPSA) is 20.3 Å². The first-order chi connectivity index (χ1) is 9.65. The van der Waals surface area contributed by atoms with Crippen molar-refractivity contribution >= 4 is 17.5 Å². The molecule has 102 valence electrons. The maximum Gasteiger partial charge on any atom is 0.187 e. The van der Waals surface area contributed by atoms with Crippen LogP contribution in [-0.4, -0.2) is 24.8 Å². The first kappa shape index (κ1) is 14.4. The van der Waals surface area contributed by atoms with Crippen LogP contribution in [-0.2, 0) is 0 Å². The summed E-state index contributed by atoms with van der Waals surface area (Å²) < 4.78 is 0. The van der Waals surface area contributed by atoms with Crippen LogP contribution in [0.1, 0.15) is 10.4 Å². The Kier molecular flexibility index (Phi) is 5.02.